The largest absolute Gasteiger partial charge is 0.491 e. The van der Waals surface area contributed by atoms with Gasteiger partial charge in [-0.3, -0.25) is 4.79 Å². The second-order valence-corrected chi connectivity index (χ2v) is 6.31. The molecule has 6 nitrogen and oxygen atoms in total. The normalized spacial score (nSPS) is 10.3. The molecule has 0 saturated carbocycles. The predicted octanol–water partition coefficient (Wildman–Crippen LogP) is 3.36. The molecule has 0 bridgehead atoms. The zero-order valence-electron chi connectivity index (χ0n) is 14.3. The van der Waals surface area contributed by atoms with Gasteiger partial charge in [-0.2, -0.15) is 0 Å². The van der Waals surface area contributed by atoms with Gasteiger partial charge >= 0.3 is 5.97 Å². The summed E-state index contributed by atoms with van der Waals surface area (Å²) < 4.78 is 10.5. The average Bonchev–Trinajstić information content (AvgIpc) is 2.60. The summed E-state index contributed by atoms with van der Waals surface area (Å²) in [5.41, 5.74) is 2.30. The number of nitrogens with one attached hydrogen (secondary N) is 1. The van der Waals surface area contributed by atoms with Crippen molar-refractivity contribution in [1.82, 2.24) is 10.3 Å². The number of rotatable bonds is 7. The van der Waals surface area contributed by atoms with Crippen LogP contribution in [0, 0.1) is 13.8 Å². The van der Waals surface area contributed by atoms with Crippen LogP contribution in [0.5, 0.6) is 5.75 Å². The van der Waals surface area contributed by atoms with Gasteiger partial charge in [0, 0.05) is 6.20 Å². The molecular weight excluding hydrogens is 379 g/mol. The molecule has 26 heavy (non-hydrogen) atoms. The molecule has 1 heterocycles. The number of hydrogen-bond donors (Lipinski definition) is 1. The Morgan fingerprint density at radius 1 is 1.19 bits per heavy atom. The third-order valence-electron chi connectivity index (χ3n) is 3.38. The van der Waals surface area contributed by atoms with Crippen molar-refractivity contribution >= 4 is 35.1 Å². The number of esters is 1. The van der Waals surface area contributed by atoms with Gasteiger partial charge < -0.3 is 14.8 Å². The Bertz CT molecular complexity index is 812. The molecule has 0 aliphatic heterocycles. The third kappa shape index (κ3) is 5.89. The second kappa shape index (κ2) is 9.40. The number of ether oxygens (including phenoxy) is 2. The number of carbonyl (C=O) groups excluding carboxylic acids is 2. The van der Waals surface area contributed by atoms with E-state index < -0.39 is 18.5 Å². The first-order chi connectivity index (χ1) is 12.4. The molecule has 1 aromatic heterocycles. The first-order valence-corrected chi connectivity index (χ1v) is 8.57. The van der Waals surface area contributed by atoms with Crippen molar-refractivity contribution in [3.8, 4) is 5.75 Å². The number of aryl methyl sites for hydroxylation is 2. The molecule has 1 amide bonds. The van der Waals surface area contributed by atoms with Crippen molar-refractivity contribution in [2.75, 3.05) is 19.8 Å². The van der Waals surface area contributed by atoms with Gasteiger partial charge in [-0.25, -0.2) is 9.78 Å². The second-order valence-electron chi connectivity index (χ2n) is 5.54. The van der Waals surface area contributed by atoms with Crippen LogP contribution in [0.1, 0.15) is 21.5 Å². The third-order valence-corrected chi connectivity index (χ3v) is 4.06. The minimum Gasteiger partial charge on any atom is -0.491 e. The van der Waals surface area contributed by atoms with E-state index in [1.807, 2.05) is 32.0 Å². The van der Waals surface area contributed by atoms with E-state index in [1.165, 1.54) is 12.3 Å². The van der Waals surface area contributed by atoms with Gasteiger partial charge in [0.25, 0.3) is 5.91 Å². The monoisotopic (exact) mass is 396 g/mol. The lowest BCUT2D eigenvalue weighted by Gasteiger charge is -2.10. The molecule has 2 rings (SSSR count). The zero-order chi connectivity index (χ0) is 19.1. The molecule has 1 N–H and O–H groups in total. The molecule has 1 aromatic carbocycles. The summed E-state index contributed by atoms with van der Waals surface area (Å²) in [5.74, 6) is -0.378. The van der Waals surface area contributed by atoms with E-state index >= 15 is 0 Å². The minimum absolute atomic E-state index is 0.0878. The Kier molecular flexibility index (Phi) is 7.24. The van der Waals surface area contributed by atoms with E-state index in [-0.39, 0.29) is 22.3 Å². The Hall–Kier alpha value is -2.31. The lowest BCUT2D eigenvalue weighted by Crippen LogP contribution is -2.32. The van der Waals surface area contributed by atoms with E-state index in [2.05, 4.69) is 10.3 Å². The summed E-state index contributed by atoms with van der Waals surface area (Å²) in [6.45, 7) is 4.14. The molecule has 2 aromatic rings. The van der Waals surface area contributed by atoms with Crippen LogP contribution in [-0.2, 0) is 9.53 Å². The Balaban J connectivity index is 1.70. The summed E-state index contributed by atoms with van der Waals surface area (Å²) in [7, 11) is 0. The minimum atomic E-state index is -0.710. The highest BCUT2D eigenvalue weighted by Crippen LogP contribution is 2.20. The smallest absolute Gasteiger partial charge is 0.340 e. The SMILES string of the molecule is Cc1ccc(OCCNC(=O)COC(=O)c2cnc(Cl)c(Cl)c2)c(C)c1. The first kappa shape index (κ1) is 20.0. The van der Waals surface area contributed by atoms with Crippen molar-refractivity contribution in [2.45, 2.75) is 13.8 Å². The van der Waals surface area contributed by atoms with Gasteiger partial charge in [0.1, 0.15) is 17.5 Å². The number of nitrogens with zero attached hydrogens (tertiary/aromatic N) is 1. The molecule has 0 aliphatic rings. The Labute approximate surface area is 161 Å². The maximum absolute atomic E-state index is 11.8. The van der Waals surface area contributed by atoms with Crippen LogP contribution in [0.4, 0.5) is 0 Å². The molecule has 8 heteroatoms. The highest BCUT2D eigenvalue weighted by Gasteiger charge is 2.12. The maximum Gasteiger partial charge on any atom is 0.340 e. The van der Waals surface area contributed by atoms with Crippen LogP contribution in [-0.4, -0.2) is 36.6 Å². The molecular formula is C18H18Cl2N2O4. The number of pyridine rings is 1. The van der Waals surface area contributed by atoms with E-state index in [0.717, 1.165) is 16.9 Å². The van der Waals surface area contributed by atoms with Gasteiger partial charge in [0.2, 0.25) is 0 Å². The summed E-state index contributed by atoms with van der Waals surface area (Å²) >= 11 is 11.5. The van der Waals surface area contributed by atoms with Crippen molar-refractivity contribution in [2.24, 2.45) is 0 Å². The number of halogens is 2. The summed E-state index contributed by atoms with van der Waals surface area (Å²) in [6, 6.07) is 7.19. The van der Waals surface area contributed by atoms with Crippen LogP contribution >= 0.6 is 23.2 Å². The average molecular weight is 397 g/mol. The van der Waals surface area contributed by atoms with Crippen LogP contribution in [0.3, 0.4) is 0 Å². The van der Waals surface area contributed by atoms with E-state index in [1.54, 1.807) is 0 Å². The predicted molar refractivity (Wildman–Crippen MR) is 99.0 cm³/mol. The molecule has 0 spiro atoms. The van der Waals surface area contributed by atoms with Gasteiger partial charge in [-0.05, 0) is 31.5 Å². The quantitative estimate of drug-likeness (QED) is 0.441. The number of carbonyl (C=O) groups is 2. The first-order valence-electron chi connectivity index (χ1n) is 7.81. The van der Waals surface area contributed by atoms with Gasteiger partial charge in [-0.1, -0.05) is 40.9 Å². The zero-order valence-corrected chi connectivity index (χ0v) is 15.9. The van der Waals surface area contributed by atoms with Crippen molar-refractivity contribution < 1.29 is 19.1 Å². The standard InChI is InChI=1S/C18H18Cl2N2O4/c1-11-3-4-15(12(2)7-11)25-6-5-21-16(23)10-26-18(24)13-8-14(19)17(20)22-9-13/h3-4,7-9H,5-6,10H2,1-2H3,(H,21,23). The van der Waals surface area contributed by atoms with Crippen molar-refractivity contribution in [1.29, 1.82) is 0 Å². The number of amides is 1. The molecule has 0 unspecified atom stereocenters. The molecule has 0 saturated heterocycles. The highest BCUT2D eigenvalue weighted by molar-refractivity contribution is 6.41. The van der Waals surface area contributed by atoms with E-state index in [4.69, 9.17) is 32.7 Å². The van der Waals surface area contributed by atoms with E-state index in [0.29, 0.717) is 6.61 Å². The topological polar surface area (TPSA) is 77.5 Å². The fourth-order valence-electron chi connectivity index (χ4n) is 2.11. The molecule has 0 fully saturated rings. The summed E-state index contributed by atoms with van der Waals surface area (Å²) in [6.07, 6.45) is 1.23. The van der Waals surface area contributed by atoms with Gasteiger partial charge in [0.15, 0.2) is 6.61 Å². The number of hydrogen-bond acceptors (Lipinski definition) is 5. The van der Waals surface area contributed by atoms with Crippen LogP contribution in [0.2, 0.25) is 10.2 Å². The van der Waals surface area contributed by atoms with Crippen molar-refractivity contribution in [3.63, 3.8) is 0 Å². The van der Waals surface area contributed by atoms with E-state index in [9.17, 15) is 9.59 Å². The molecule has 0 radical (unpaired) electrons. The lowest BCUT2D eigenvalue weighted by atomic mass is 10.1. The molecule has 138 valence electrons. The number of benzene rings is 1. The summed E-state index contributed by atoms with van der Waals surface area (Å²) in [5, 5.41) is 2.83. The maximum atomic E-state index is 11.8. The van der Waals surface area contributed by atoms with Gasteiger partial charge in [-0.15, -0.1) is 0 Å². The van der Waals surface area contributed by atoms with Crippen molar-refractivity contribution in [3.05, 3.63) is 57.3 Å². The fraction of sp³-hybridized carbons (Fsp3) is 0.278. The summed E-state index contributed by atoms with van der Waals surface area (Å²) in [4.78, 5) is 27.3. The van der Waals surface area contributed by atoms with Crippen LogP contribution in [0.15, 0.2) is 30.5 Å². The fourth-order valence-corrected chi connectivity index (χ4v) is 2.38. The van der Waals surface area contributed by atoms with Gasteiger partial charge in [0.05, 0.1) is 17.1 Å². The Morgan fingerprint density at radius 2 is 1.96 bits per heavy atom. The van der Waals surface area contributed by atoms with Crippen LogP contribution < -0.4 is 10.1 Å². The number of aromatic nitrogens is 1. The molecule has 0 aliphatic carbocycles. The molecule has 0 atom stereocenters. The lowest BCUT2D eigenvalue weighted by molar-refractivity contribution is -0.124. The highest BCUT2D eigenvalue weighted by atomic mass is 35.5. The Morgan fingerprint density at radius 3 is 2.65 bits per heavy atom. The van der Waals surface area contributed by atoms with Crippen LogP contribution in [0.25, 0.3) is 0 Å².